The zero-order valence-electron chi connectivity index (χ0n) is 15.5. The van der Waals surface area contributed by atoms with Crippen LogP contribution in [0.15, 0.2) is 30.3 Å². The average molecular weight is 360 g/mol. The molecule has 140 valence electrons. The lowest BCUT2D eigenvalue weighted by Gasteiger charge is -2.20. The summed E-state index contributed by atoms with van der Waals surface area (Å²) in [5.74, 6) is -0.629. The molecule has 0 saturated carbocycles. The predicted octanol–water partition coefficient (Wildman–Crippen LogP) is 2.28. The molecule has 1 aromatic carbocycles. The number of hydrogen-bond donors (Lipinski definition) is 1. The molecule has 26 heavy (non-hydrogen) atoms. The maximum atomic E-state index is 12.9. The maximum Gasteiger partial charge on any atom is 0.323 e. The SMILES string of the molecule is COCCN(CC(=O)O)C(=O)c1cc(C)n(-c2ccc(OC)cc2)c1C. The number of hydrogen-bond acceptors (Lipinski definition) is 4. The average Bonchev–Trinajstić information content (AvgIpc) is 2.92. The van der Waals surface area contributed by atoms with Crippen molar-refractivity contribution in [3.05, 3.63) is 47.3 Å². The van der Waals surface area contributed by atoms with Crippen LogP contribution in [0.4, 0.5) is 0 Å². The van der Waals surface area contributed by atoms with Crippen LogP contribution in [-0.4, -0.2) is 60.4 Å². The smallest absolute Gasteiger partial charge is 0.323 e. The number of carbonyl (C=O) groups is 2. The zero-order chi connectivity index (χ0) is 19.3. The van der Waals surface area contributed by atoms with Crippen molar-refractivity contribution in [2.75, 3.05) is 33.9 Å². The van der Waals surface area contributed by atoms with Crippen LogP contribution in [0.5, 0.6) is 5.75 Å². The van der Waals surface area contributed by atoms with E-state index in [-0.39, 0.29) is 25.6 Å². The van der Waals surface area contributed by atoms with E-state index in [1.165, 1.54) is 12.0 Å². The Balaban J connectivity index is 2.37. The van der Waals surface area contributed by atoms with Crippen molar-refractivity contribution in [1.82, 2.24) is 9.47 Å². The minimum absolute atomic E-state index is 0.216. The Labute approximate surface area is 152 Å². The van der Waals surface area contributed by atoms with Crippen molar-refractivity contribution in [2.45, 2.75) is 13.8 Å². The standard InChI is InChI=1S/C19H24N2O5/c1-13-11-17(19(24)20(9-10-25-3)12-18(22)23)14(2)21(13)15-5-7-16(26-4)8-6-15/h5-8,11H,9-10,12H2,1-4H3,(H,22,23). The Morgan fingerprint density at radius 1 is 1.15 bits per heavy atom. The molecule has 7 nitrogen and oxygen atoms in total. The van der Waals surface area contributed by atoms with Crippen molar-refractivity contribution in [2.24, 2.45) is 0 Å². The van der Waals surface area contributed by atoms with E-state index < -0.39 is 5.97 Å². The van der Waals surface area contributed by atoms with Crippen LogP contribution in [-0.2, 0) is 9.53 Å². The Morgan fingerprint density at radius 2 is 1.81 bits per heavy atom. The molecule has 0 unspecified atom stereocenters. The number of rotatable bonds is 8. The third-order valence-corrected chi connectivity index (χ3v) is 4.17. The number of aryl methyl sites for hydroxylation is 1. The molecular weight excluding hydrogens is 336 g/mol. The molecule has 0 spiro atoms. The normalized spacial score (nSPS) is 10.6. The van der Waals surface area contributed by atoms with Gasteiger partial charge in [-0.05, 0) is 44.2 Å². The summed E-state index contributed by atoms with van der Waals surface area (Å²) in [5, 5.41) is 9.08. The van der Waals surface area contributed by atoms with Gasteiger partial charge in [-0.25, -0.2) is 0 Å². The monoisotopic (exact) mass is 360 g/mol. The largest absolute Gasteiger partial charge is 0.497 e. The van der Waals surface area contributed by atoms with Crippen molar-refractivity contribution in [3.63, 3.8) is 0 Å². The van der Waals surface area contributed by atoms with Crippen molar-refractivity contribution >= 4 is 11.9 Å². The molecule has 2 rings (SSSR count). The van der Waals surface area contributed by atoms with E-state index in [4.69, 9.17) is 14.6 Å². The van der Waals surface area contributed by atoms with Gasteiger partial charge in [0.25, 0.3) is 5.91 Å². The predicted molar refractivity (Wildman–Crippen MR) is 97.2 cm³/mol. The molecule has 0 fully saturated rings. The van der Waals surface area contributed by atoms with Gasteiger partial charge in [-0.2, -0.15) is 0 Å². The molecule has 0 bridgehead atoms. The zero-order valence-corrected chi connectivity index (χ0v) is 15.5. The summed E-state index contributed by atoms with van der Waals surface area (Å²) in [6, 6.07) is 9.31. The first-order chi connectivity index (χ1) is 12.4. The molecule has 1 aromatic heterocycles. The van der Waals surface area contributed by atoms with Gasteiger partial charge in [-0.15, -0.1) is 0 Å². The highest BCUT2D eigenvalue weighted by Crippen LogP contribution is 2.23. The van der Waals surface area contributed by atoms with Crippen LogP contribution in [0.3, 0.4) is 0 Å². The fraction of sp³-hybridized carbons (Fsp3) is 0.368. The van der Waals surface area contributed by atoms with Gasteiger partial charge in [0.2, 0.25) is 0 Å². The summed E-state index contributed by atoms with van der Waals surface area (Å²) in [4.78, 5) is 25.3. The Hall–Kier alpha value is -2.80. The molecular formula is C19H24N2O5. The van der Waals surface area contributed by atoms with Gasteiger partial charge in [-0.1, -0.05) is 0 Å². The molecule has 1 amide bonds. The van der Waals surface area contributed by atoms with E-state index in [0.29, 0.717) is 5.56 Å². The second kappa shape index (κ2) is 8.53. The molecule has 2 aromatic rings. The van der Waals surface area contributed by atoms with Crippen LogP contribution >= 0.6 is 0 Å². The minimum Gasteiger partial charge on any atom is -0.497 e. The highest BCUT2D eigenvalue weighted by atomic mass is 16.5. The number of carboxylic acids is 1. The van der Waals surface area contributed by atoms with E-state index in [1.54, 1.807) is 13.2 Å². The van der Waals surface area contributed by atoms with Crippen LogP contribution in [0, 0.1) is 13.8 Å². The second-order valence-electron chi connectivity index (χ2n) is 5.93. The van der Waals surface area contributed by atoms with Gasteiger partial charge in [0, 0.05) is 30.7 Å². The van der Waals surface area contributed by atoms with Crippen LogP contribution in [0.1, 0.15) is 21.7 Å². The fourth-order valence-corrected chi connectivity index (χ4v) is 2.90. The Morgan fingerprint density at radius 3 is 2.35 bits per heavy atom. The summed E-state index contributed by atoms with van der Waals surface area (Å²) in [6.07, 6.45) is 0. The number of carboxylic acid groups (broad SMARTS) is 1. The molecule has 7 heteroatoms. The number of amides is 1. The van der Waals surface area contributed by atoms with Gasteiger partial charge < -0.3 is 24.0 Å². The minimum atomic E-state index is -1.06. The van der Waals surface area contributed by atoms with E-state index in [1.807, 2.05) is 42.7 Å². The second-order valence-corrected chi connectivity index (χ2v) is 5.93. The van der Waals surface area contributed by atoms with E-state index >= 15 is 0 Å². The van der Waals surface area contributed by atoms with E-state index in [2.05, 4.69) is 0 Å². The molecule has 1 heterocycles. The summed E-state index contributed by atoms with van der Waals surface area (Å²) in [7, 11) is 3.12. The van der Waals surface area contributed by atoms with Crippen molar-refractivity contribution < 1.29 is 24.2 Å². The summed E-state index contributed by atoms with van der Waals surface area (Å²) < 4.78 is 12.1. The number of aliphatic carboxylic acids is 1. The molecule has 0 radical (unpaired) electrons. The third kappa shape index (κ3) is 4.23. The van der Waals surface area contributed by atoms with Crippen molar-refractivity contribution in [3.8, 4) is 11.4 Å². The number of methoxy groups -OCH3 is 2. The van der Waals surface area contributed by atoms with Gasteiger partial charge in [0.15, 0.2) is 0 Å². The number of benzene rings is 1. The lowest BCUT2D eigenvalue weighted by atomic mass is 10.2. The molecule has 0 aliphatic carbocycles. The fourth-order valence-electron chi connectivity index (χ4n) is 2.90. The van der Waals surface area contributed by atoms with Crippen LogP contribution in [0.2, 0.25) is 0 Å². The van der Waals surface area contributed by atoms with Crippen molar-refractivity contribution in [1.29, 1.82) is 0 Å². The third-order valence-electron chi connectivity index (χ3n) is 4.17. The quantitative estimate of drug-likeness (QED) is 0.781. The van der Waals surface area contributed by atoms with Gasteiger partial charge in [0.05, 0.1) is 19.3 Å². The van der Waals surface area contributed by atoms with Gasteiger partial charge in [-0.3, -0.25) is 9.59 Å². The van der Waals surface area contributed by atoms with Gasteiger partial charge in [0.1, 0.15) is 12.3 Å². The van der Waals surface area contributed by atoms with Crippen LogP contribution < -0.4 is 4.74 Å². The topological polar surface area (TPSA) is 81.0 Å². The molecule has 0 aliphatic rings. The molecule has 1 N–H and O–H groups in total. The number of ether oxygens (including phenoxy) is 2. The number of nitrogens with zero attached hydrogens (tertiary/aromatic N) is 2. The van der Waals surface area contributed by atoms with E-state index in [0.717, 1.165) is 22.8 Å². The summed E-state index contributed by atoms with van der Waals surface area (Å²) >= 11 is 0. The Bertz CT molecular complexity index is 780. The first-order valence-electron chi connectivity index (χ1n) is 8.22. The lowest BCUT2D eigenvalue weighted by molar-refractivity contribution is -0.137. The number of aromatic nitrogens is 1. The summed E-state index contributed by atoms with van der Waals surface area (Å²) in [5.41, 5.74) is 3.03. The lowest BCUT2D eigenvalue weighted by Crippen LogP contribution is -2.38. The highest BCUT2D eigenvalue weighted by molar-refractivity contribution is 5.97. The molecule has 0 atom stereocenters. The van der Waals surface area contributed by atoms with E-state index in [9.17, 15) is 9.59 Å². The number of carbonyl (C=O) groups excluding carboxylic acids is 1. The first kappa shape index (κ1) is 19.5. The first-order valence-corrected chi connectivity index (χ1v) is 8.22. The Kier molecular flexibility index (Phi) is 6.41. The molecule has 0 saturated heterocycles. The van der Waals surface area contributed by atoms with Gasteiger partial charge >= 0.3 is 5.97 Å². The highest BCUT2D eigenvalue weighted by Gasteiger charge is 2.23. The maximum absolute atomic E-state index is 12.9. The summed E-state index contributed by atoms with van der Waals surface area (Å²) in [6.45, 7) is 3.88. The van der Waals surface area contributed by atoms with Crippen LogP contribution in [0.25, 0.3) is 5.69 Å². The molecule has 0 aliphatic heterocycles.